The molecule has 1 aliphatic rings. The second-order valence-corrected chi connectivity index (χ2v) is 6.29. The average Bonchev–Trinajstić information content (AvgIpc) is 2.35. The highest BCUT2D eigenvalue weighted by Crippen LogP contribution is 2.34. The average molecular weight is 251 g/mol. The lowest BCUT2D eigenvalue weighted by atomic mass is 9.76. The Morgan fingerprint density at radius 3 is 2.33 bits per heavy atom. The molecule has 0 aliphatic heterocycles. The number of rotatable bonds is 8. The van der Waals surface area contributed by atoms with Gasteiger partial charge in [-0.3, -0.25) is 0 Å². The van der Waals surface area contributed by atoms with Crippen molar-refractivity contribution in [2.75, 3.05) is 6.54 Å². The monoisotopic (exact) mass is 251 g/mol. The van der Waals surface area contributed by atoms with E-state index in [9.17, 15) is 0 Å². The van der Waals surface area contributed by atoms with Crippen molar-refractivity contribution < 1.29 is 0 Å². The Hall–Kier alpha value is -0.300. The molecule has 1 rings (SSSR count). The normalized spacial score (nSPS) is 25.9. The Kier molecular flexibility index (Phi) is 7.65. The molecule has 106 valence electrons. The first-order chi connectivity index (χ1) is 8.67. The van der Waals surface area contributed by atoms with Crippen LogP contribution in [0.2, 0.25) is 0 Å². The molecule has 1 atom stereocenters. The quantitative estimate of drug-likeness (QED) is 0.603. The van der Waals surface area contributed by atoms with Crippen LogP contribution in [0.25, 0.3) is 0 Å². The van der Waals surface area contributed by atoms with Crippen molar-refractivity contribution in [3.8, 4) is 0 Å². The lowest BCUT2D eigenvalue weighted by molar-refractivity contribution is 0.212. The molecule has 0 bridgehead atoms. The zero-order valence-electron chi connectivity index (χ0n) is 12.8. The van der Waals surface area contributed by atoms with Crippen molar-refractivity contribution in [1.29, 1.82) is 0 Å². The van der Waals surface area contributed by atoms with Crippen LogP contribution in [0.4, 0.5) is 0 Å². The van der Waals surface area contributed by atoms with Gasteiger partial charge in [-0.2, -0.15) is 0 Å². The van der Waals surface area contributed by atoms with Gasteiger partial charge in [-0.15, -0.1) is 6.58 Å². The molecule has 1 aliphatic carbocycles. The molecule has 1 heteroatoms. The van der Waals surface area contributed by atoms with Crippen LogP contribution in [0.5, 0.6) is 0 Å². The standard InChI is InChI=1S/C17H33N/c1-5-7-15-8-10-16(11-9-15)17(13-14(3)4)18-12-6-2/h15-18H,3,5-13H2,1-2,4H3. The maximum Gasteiger partial charge on any atom is 0.0132 e. The van der Waals surface area contributed by atoms with E-state index >= 15 is 0 Å². The van der Waals surface area contributed by atoms with Gasteiger partial charge in [-0.05, 0) is 51.0 Å². The Bertz CT molecular complexity index is 226. The van der Waals surface area contributed by atoms with Gasteiger partial charge in [-0.1, -0.05) is 45.1 Å². The maximum atomic E-state index is 4.10. The van der Waals surface area contributed by atoms with Gasteiger partial charge in [0.15, 0.2) is 0 Å². The zero-order chi connectivity index (χ0) is 13.4. The first-order valence-electron chi connectivity index (χ1n) is 8.05. The van der Waals surface area contributed by atoms with E-state index in [0.717, 1.165) is 18.4 Å². The van der Waals surface area contributed by atoms with Crippen molar-refractivity contribution >= 4 is 0 Å². The third kappa shape index (κ3) is 5.56. The molecule has 0 aromatic rings. The van der Waals surface area contributed by atoms with Crippen LogP contribution in [0.15, 0.2) is 12.2 Å². The molecule has 0 spiro atoms. The van der Waals surface area contributed by atoms with Gasteiger partial charge in [0.2, 0.25) is 0 Å². The largest absolute Gasteiger partial charge is 0.313 e. The summed E-state index contributed by atoms with van der Waals surface area (Å²) in [6, 6.07) is 0.685. The predicted octanol–water partition coefficient (Wildman–Crippen LogP) is 4.93. The van der Waals surface area contributed by atoms with Gasteiger partial charge in [0.05, 0.1) is 0 Å². The van der Waals surface area contributed by atoms with E-state index in [-0.39, 0.29) is 0 Å². The molecular formula is C17H33N. The van der Waals surface area contributed by atoms with Crippen molar-refractivity contribution in [3.63, 3.8) is 0 Å². The summed E-state index contributed by atoms with van der Waals surface area (Å²) < 4.78 is 0. The molecular weight excluding hydrogens is 218 g/mol. The first-order valence-corrected chi connectivity index (χ1v) is 8.05. The second-order valence-electron chi connectivity index (χ2n) is 6.29. The number of hydrogen-bond acceptors (Lipinski definition) is 1. The summed E-state index contributed by atoms with van der Waals surface area (Å²) in [5.41, 5.74) is 1.33. The predicted molar refractivity (Wildman–Crippen MR) is 81.9 cm³/mol. The molecule has 0 radical (unpaired) electrons. The van der Waals surface area contributed by atoms with E-state index in [0.29, 0.717) is 6.04 Å². The fraction of sp³-hybridized carbons (Fsp3) is 0.882. The Morgan fingerprint density at radius 2 is 1.83 bits per heavy atom. The third-order valence-electron chi connectivity index (χ3n) is 4.38. The number of hydrogen-bond donors (Lipinski definition) is 1. The Labute approximate surface area is 114 Å². The molecule has 1 fully saturated rings. The van der Waals surface area contributed by atoms with Crippen molar-refractivity contribution in [2.45, 2.75) is 78.2 Å². The number of nitrogens with one attached hydrogen (secondary N) is 1. The third-order valence-corrected chi connectivity index (χ3v) is 4.38. The summed E-state index contributed by atoms with van der Waals surface area (Å²) in [6.07, 6.45) is 11.0. The lowest BCUT2D eigenvalue weighted by Crippen LogP contribution is -2.38. The minimum absolute atomic E-state index is 0.685. The second kappa shape index (κ2) is 8.74. The van der Waals surface area contributed by atoms with Gasteiger partial charge < -0.3 is 5.32 Å². The highest BCUT2D eigenvalue weighted by atomic mass is 14.9. The van der Waals surface area contributed by atoms with E-state index in [2.05, 4.69) is 32.7 Å². The van der Waals surface area contributed by atoms with E-state index in [1.165, 1.54) is 56.9 Å². The fourth-order valence-electron chi connectivity index (χ4n) is 3.40. The summed E-state index contributed by atoms with van der Waals surface area (Å²) in [6.45, 7) is 12.0. The van der Waals surface area contributed by atoms with E-state index in [1.54, 1.807) is 0 Å². The molecule has 0 aromatic heterocycles. The van der Waals surface area contributed by atoms with E-state index in [1.807, 2.05) is 0 Å². The summed E-state index contributed by atoms with van der Waals surface area (Å²) in [5, 5.41) is 3.76. The minimum atomic E-state index is 0.685. The molecule has 0 aromatic carbocycles. The molecule has 0 saturated heterocycles. The van der Waals surface area contributed by atoms with Gasteiger partial charge >= 0.3 is 0 Å². The van der Waals surface area contributed by atoms with Crippen LogP contribution in [-0.4, -0.2) is 12.6 Å². The summed E-state index contributed by atoms with van der Waals surface area (Å²) in [4.78, 5) is 0. The van der Waals surface area contributed by atoms with Gasteiger partial charge in [0.1, 0.15) is 0 Å². The zero-order valence-corrected chi connectivity index (χ0v) is 12.8. The van der Waals surface area contributed by atoms with Crippen LogP contribution >= 0.6 is 0 Å². The summed E-state index contributed by atoms with van der Waals surface area (Å²) >= 11 is 0. The smallest absolute Gasteiger partial charge is 0.0132 e. The first kappa shape index (κ1) is 15.8. The highest BCUT2D eigenvalue weighted by Gasteiger charge is 2.26. The van der Waals surface area contributed by atoms with Crippen LogP contribution in [-0.2, 0) is 0 Å². The van der Waals surface area contributed by atoms with Gasteiger partial charge in [0.25, 0.3) is 0 Å². The fourth-order valence-corrected chi connectivity index (χ4v) is 3.40. The van der Waals surface area contributed by atoms with Crippen molar-refractivity contribution in [2.24, 2.45) is 11.8 Å². The molecule has 1 nitrogen and oxygen atoms in total. The molecule has 1 saturated carbocycles. The molecule has 18 heavy (non-hydrogen) atoms. The SMILES string of the molecule is C=C(C)CC(NCCC)C1CCC(CCC)CC1. The van der Waals surface area contributed by atoms with Crippen LogP contribution in [0.1, 0.15) is 72.1 Å². The molecule has 1 unspecified atom stereocenters. The van der Waals surface area contributed by atoms with Gasteiger partial charge in [-0.25, -0.2) is 0 Å². The van der Waals surface area contributed by atoms with Crippen molar-refractivity contribution in [1.82, 2.24) is 5.32 Å². The Balaban J connectivity index is 2.40. The Morgan fingerprint density at radius 1 is 1.17 bits per heavy atom. The van der Waals surface area contributed by atoms with Gasteiger partial charge in [0, 0.05) is 6.04 Å². The van der Waals surface area contributed by atoms with Crippen molar-refractivity contribution in [3.05, 3.63) is 12.2 Å². The molecule has 0 heterocycles. The highest BCUT2D eigenvalue weighted by molar-refractivity contribution is 4.96. The molecule has 1 N–H and O–H groups in total. The minimum Gasteiger partial charge on any atom is -0.313 e. The summed E-state index contributed by atoms with van der Waals surface area (Å²) in [5.74, 6) is 1.91. The van der Waals surface area contributed by atoms with Crippen LogP contribution in [0.3, 0.4) is 0 Å². The molecule has 0 amide bonds. The van der Waals surface area contributed by atoms with Crippen LogP contribution in [0, 0.1) is 11.8 Å². The summed E-state index contributed by atoms with van der Waals surface area (Å²) in [7, 11) is 0. The topological polar surface area (TPSA) is 12.0 Å². The maximum absolute atomic E-state index is 4.10. The lowest BCUT2D eigenvalue weighted by Gasteiger charge is -2.34. The van der Waals surface area contributed by atoms with Crippen LogP contribution < -0.4 is 5.32 Å². The van der Waals surface area contributed by atoms with E-state index in [4.69, 9.17) is 0 Å². The van der Waals surface area contributed by atoms with E-state index < -0.39 is 0 Å².